The zero-order chi connectivity index (χ0) is 19.6. The average Bonchev–Trinajstić information content (AvgIpc) is 3.23. The molecule has 3 rings (SSSR count). The number of sulfone groups is 1. The predicted molar refractivity (Wildman–Crippen MR) is 102 cm³/mol. The minimum Gasteiger partial charge on any atom is -0.467 e. The van der Waals surface area contributed by atoms with E-state index in [9.17, 15) is 13.2 Å². The number of carbonyl (C=O) groups is 1. The summed E-state index contributed by atoms with van der Waals surface area (Å²) in [5, 5.41) is 2.89. The Balaban J connectivity index is 1.69. The molecular formula is C20H22N2O4S. The van der Waals surface area contributed by atoms with Crippen molar-refractivity contribution in [2.75, 3.05) is 6.26 Å². The molecule has 27 heavy (non-hydrogen) atoms. The lowest BCUT2D eigenvalue weighted by atomic mass is 10.2. The van der Waals surface area contributed by atoms with Gasteiger partial charge in [0.1, 0.15) is 5.76 Å². The Morgan fingerprint density at radius 1 is 1.15 bits per heavy atom. The van der Waals surface area contributed by atoms with Gasteiger partial charge in [0.15, 0.2) is 9.84 Å². The number of furan rings is 1. The number of rotatable bonds is 6. The van der Waals surface area contributed by atoms with Gasteiger partial charge in [-0.2, -0.15) is 0 Å². The molecule has 0 unspecified atom stereocenters. The highest BCUT2D eigenvalue weighted by Crippen LogP contribution is 2.18. The summed E-state index contributed by atoms with van der Waals surface area (Å²) >= 11 is 0. The molecule has 2 heterocycles. The third-order valence-electron chi connectivity index (χ3n) is 4.52. The fourth-order valence-electron chi connectivity index (χ4n) is 2.96. The summed E-state index contributed by atoms with van der Waals surface area (Å²) in [4.78, 5) is 12.9. The van der Waals surface area contributed by atoms with Crippen LogP contribution in [0.1, 0.15) is 33.1 Å². The lowest BCUT2D eigenvalue weighted by Gasteiger charge is -2.09. The Kier molecular flexibility index (Phi) is 5.23. The third-order valence-corrected chi connectivity index (χ3v) is 5.65. The molecule has 1 aromatic carbocycles. The molecule has 6 nitrogen and oxygen atoms in total. The summed E-state index contributed by atoms with van der Waals surface area (Å²) in [6.07, 6.45) is 2.80. The first-order valence-electron chi connectivity index (χ1n) is 8.52. The molecule has 0 atom stereocenters. The highest BCUT2D eigenvalue weighted by atomic mass is 32.2. The molecule has 0 fully saturated rings. The van der Waals surface area contributed by atoms with Gasteiger partial charge in [-0.3, -0.25) is 4.79 Å². The van der Waals surface area contributed by atoms with Crippen molar-refractivity contribution in [3.63, 3.8) is 0 Å². The Hall–Kier alpha value is -2.80. The van der Waals surface area contributed by atoms with E-state index in [2.05, 4.69) is 5.32 Å². The van der Waals surface area contributed by atoms with Crippen molar-refractivity contribution in [1.29, 1.82) is 0 Å². The highest BCUT2D eigenvalue weighted by molar-refractivity contribution is 7.90. The number of nitrogens with one attached hydrogen (secondary N) is 1. The smallest absolute Gasteiger partial charge is 0.253 e. The van der Waals surface area contributed by atoms with Crippen LogP contribution in [0.4, 0.5) is 0 Å². The quantitative estimate of drug-likeness (QED) is 0.706. The van der Waals surface area contributed by atoms with Crippen LogP contribution in [0.3, 0.4) is 0 Å². The van der Waals surface area contributed by atoms with Crippen LogP contribution in [0.25, 0.3) is 0 Å². The van der Waals surface area contributed by atoms with E-state index in [1.54, 1.807) is 30.5 Å². The lowest BCUT2D eigenvalue weighted by molar-refractivity contribution is 0.0950. The van der Waals surface area contributed by atoms with E-state index in [0.717, 1.165) is 22.7 Å². The third kappa shape index (κ3) is 4.31. The molecule has 1 amide bonds. The number of aromatic nitrogens is 1. The summed E-state index contributed by atoms with van der Waals surface area (Å²) in [7, 11) is -3.22. The van der Waals surface area contributed by atoms with E-state index in [1.807, 2.05) is 36.6 Å². The molecule has 7 heteroatoms. The molecule has 0 spiro atoms. The topological polar surface area (TPSA) is 81.3 Å². The molecule has 0 aliphatic carbocycles. The molecule has 0 saturated heterocycles. The van der Waals surface area contributed by atoms with Crippen molar-refractivity contribution >= 4 is 15.7 Å². The van der Waals surface area contributed by atoms with Gasteiger partial charge < -0.3 is 14.3 Å². The number of aryl methyl sites for hydroxylation is 1. The lowest BCUT2D eigenvalue weighted by Crippen LogP contribution is -2.23. The number of amides is 1. The Bertz CT molecular complexity index is 1050. The minimum absolute atomic E-state index is 0.166. The second kappa shape index (κ2) is 7.44. The van der Waals surface area contributed by atoms with Crippen molar-refractivity contribution in [1.82, 2.24) is 9.88 Å². The minimum atomic E-state index is -3.22. The summed E-state index contributed by atoms with van der Waals surface area (Å²) in [5.74, 6) is 0.663. The van der Waals surface area contributed by atoms with E-state index in [4.69, 9.17) is 4.42 Å². The van der Waals surface area contributed by atoms with Crippen LogP contribution in [0.15, 0.2) is 58.0 Å². The average molecular weight is 386 g/mol. The van der Waals surface area contributed by atoms with Crippen LogP contribution in [0.5, 0.6) is 0 Å². The van der Waals surface area contributed by atoms with Crippen LogP contribution < -0.4 is 5.32 Å². The van der Waals surface area contributed by atoms with E-state index in [-0.39, 0.29) is 10.8 Å². The Labute approximate surface area is 158 Å². The second-order valence-corrected chi connectivity index (χ2v) is 8.56. The van der Waals surface area contributed by atoms with Gasteiger partial charge in [0.05, 0.1) is 23.3 Å². The zero-order valence-corrected chi connectivity index (χ0v) is 16.3. The fraction of sp³-hybridized carbons (Fsp3) is 0.250. The van der Waals surface area contributed by atoms with Crippen molar-refractivity contribution in [3.05, 3.63) is 77.0 Å². The Morgan fingerprint density at radius 2 is 1.85 bits per heavy atom. The van der Waals surface area contributed by atoms with Gasteiger partial charge in [0.25, 0.3) is 5.91 Å². The van der Waals surface area contributed by atoms with Gasteiger partial charge in [-0.1, -0.05) is 12.1 Å². The first kappa shape index (κ1) is 19.0. The molecule has 0 aliphatic heterocycles. The maximum absolute atomic E-state index is 12.6. The molecule has 0 bridgehead atoms. The van der Waals surface area contributed by atoms with Crippen molar-refractivity contribution in [2.45, 2.75) is 31.8 Å². The van der Waals surface area contributed by atoms with Crippen molar-refractivity contribution in [2.24, 2.45) is 0 Å². The molecular weight excluding hydrogens is 364 g/mol. The molecule has 0 radical (unpaired) electrons. The number of nitrogens with zero attached hydrogens (tertiary/aromatic N) is 1. The van der Waals surface area contributed by atoms with Crippen LogP contribution >= 0.6 is 0 Å². The van der Waals surface area contributed by atoms with Gasteiger partial charge in [-0.05, 0) is 49.7 Å². The largest absolute Gasteiger partial charge is 0.467 e. The van der Waals surface area contributed by atoms with Crippen LogP contribution in [-0.4, -0.2) is 25.1 Å². The van der Waals surface area contributed by atoms with Crippen LogP contribution in [0, 0.1) is 13.8 Å². The first-order valence-corrected chi connectivity index (χ1v) is 10.4. The number of benzene rings is 1. The van der Waals surface area contributed by atoms with Crippen LogP contribution in [-0.2, 0) is 22.9 Å². The normalized spacial score (nSPS) is 11.5. The molecule has 1 N–H and O–H groups in total. The van der Waals surface area contributed by atoms with E-state index in [1.165, 1.54) is 6.26 Å². The summed E-state index contributed by atoms with van der Waals surface area (Å²) < 4.78 is 30.4. The van der Waals surface area contributed by atoms with Gasteiger partial charge in [0.2, 0.25) is 0 Å². The van der Waals surface area contributed by atoms with Gasteiger partial charge in [0, 0.05) is 24.2 Å². The van der Waals surface area contributed by atoms with E-state index < -0.39 is 9.84 Å². The van der Waals surface area contributed by atoms with Crippen molar-refractivity contribution < 1.29 is 17.6 Å². The number of hydrogen-bond acceptors (Lipinski definition) is 4. The van der Waals surface area contributed by atoms with Crippen molar-refractivity contribution in [3.8, 4) is 0 Å². The van der Waals surface area contributed by atoms with Gasteiger partial charge >= 0.3 is 0 Å². The van der Waals surface area contributed by atoms with Gasteiger partial charge in [-0.25, -0.2) is 8.42 Å². The summed E-state index contributed by atoms with van der Waals surface area (Å²) in [6.45, 7) is 4.76. The SMILES string of the molecule is Cc1cc(C(=O)NCc2ccc(S(C)(=O)=O)cc2)c(C)n1Cc1ccco1. The number of carbonyl (C=O) groups excluding carboxylic acids is 1. The maximum Gasteiger partial charge on any atom is 0.253 e. The summed E-state index contributed by atoms with van der Waals surface area (Å²) in [5.41, 5.74) is 3.30. The molecule has 0 aliphatic rings. The van der Waals surface area contributed by atoms with Crippen LogP contribution in [0.2, 0.25) is 0 Å². The summed E-state index contributed by atoms with van der Waals surface area (Å²) in [6, 6.07) is 12.1. The number of hydrogen-bond donors (Lipinski definition) is 1. The van der Waals surface area contributed by atoms with Gasteiger partial charge in [-0.15, -0.1) is 0 Å². The Morgan fingerprint density at radius 3 is 2.44 bits per heavy atom. The zero-order valence-electron chi connectivity index (χ0n) is 15.5. The fourth-order valence-corrected chi connectivity index (χ4v) is 3.60. The molecule has 142 valence electrons. The molecule has 2 aromatic heterocycles. The predicted octanol–water partition coefficient (Wildman–Crippen LogP) is 3.08. The molecule has 0 saturated carbocycles. The molecule has 3 aromatic rings. The second-order valence-electron chi connectivity index (χ2n) is 6.55. The first-order chi connectivity index (χ1) is 12.8. The highest BCUT2D eigenvalue weighted by Gasteiger charge is 2.16. The van der Waals surface area contributed by atoms with E-state index in [0.29, 0.717) is 18.7 Å². The monoisotopic (exact) mass is 386 g/mol. The standard InChI is InChI=1S/C20H22N2O4S/c1-14-11-19(15(2)22(14)13-17-5-4-10-26-17)20(23)21-12-16-6-8-18(9-7-16)27(3,24)25/h4-11H,12-13H2,1-3H3,(H,21,23). The van der Waals surface area contributed by atoms with E-state index >= 15 is 0 Å². The maximum atomic E-state index is 12.6.